The number of nitrogens with zero attached hydrogens (tertiary/aromatic N) is 1. The van der Waals surface area contributed by atoms with Crippen molar-refractivity contribution in [2.45, 2.75) is 6.54 Å². The van der Waals surface area contributed by atoms with E-state index >= 15 is 0 Å². The summed E-state index contributed by atoms with van der Waals surface area (Å²) >= 11 is 5.98. The van der Waals surface area contributed by atoms with Crippen LogP contribution in [0.3, 0.4) is 0 Å². The Morgan fingerprint density at radius 3 is 2.82 bits per heavy atom. The Hall–Kier alpha value is -1.74. The lowest BCUT2D eigenvalue weighted by Gasteiger charge is -2.18. The van der Waals surface area contributed by atoms with Crippen LogP contribution in [0.4, 0.5) is 5.69 Å². The first-order valence-corrected chi connectivity index (χ1v) is 5.55. The number of hydrogen-bond acceptors (Lipinski definition) is 3. The minimum absolute atomic E-state index is 0.469. The topological polar surface area (TPSA) is 33.5 Å². The summed E-state index contributed by atoms with van der Waals surface area (Å²) in [6, 6.07) is 7.29. The van der Waals surface area contributed by atoms with Gasteiger partial charge in [0.2, 0.25) is 0 Å². The van der Waals surface area contributed by atoms with Crippen LogP contribution < -0.4 is 4.90 Å². The first kappa shape index (κ1) is 11.7. The van der Waals surface area contributed by atoms with Gasteiger partial charge in [0.15, 0.2) is 6.29 Å². The summed E-state index contributed by atoms with van der Waals surface area (Å²) in [6.07, 6.45) is 4.10. The highest BCUT2D eigenvalue weighted by atomic mass is 35.5. The third-order valence-electron chi connectivity index (χ3n) is 2.55. The van der Waals surface area contributed by atoms with Crippen molar-refractivity contribution in [1.82, 2.24) is 0 Å². The van der Waals surface area contributed by atoms with Crippen molar-refractivity contribution < 1.29 is 9.21 Å². The molecule has 2 rings (SSSR count). The number of carbonyl (C=O) groups excluding carboxylic acids is 1. The lowest BCUT2D eigenvalue weighted by molar-refractivity contribution is 0.112. The normalized spacial score (nSPS) is 10.2. The fourth-order valence-electron chi connectivity index (χ4n) is 1.60. The van der Waals surface area contributed by atoms with Crippen LogP contribution in [0.2, 0.25) is 5.02 Å². The second-order valence-electron chi connectivity index (χ2n) is 3.81. The van der Waals surface area contributed by atoms with Crippen LogP contribution in [-0.2, 0) is 6.54 Å². The Kier molecular flexibility index (Phi) is 3.49. The predicted molar refractivity (Wildman–Crippen MR) is 67.7 cm³/mol. The smallest absolute Gasteiger partial charge is 0.151 e. The third-order valence-corrected chi connectivity index (χ3v) is 2.88. The van der Waals surface area contributed by atoms with Crippen LogP contribution in [0.25, 0.3) is 0 Å². The van der Waals surface area contributed by atoms with Crippen LogP contribution in [0.1, 0.15) is 15.9 Å². The highest BCUT2D eigenvalue weighted by molar-refractivity contribution is 6.33. The van der Waals surface area contributed by atoms with Crippen molar-refractivity contribution in [1.29, 1.82) is 0 Å². The van der Waals surface area contributed by atoms with Gasteiger partial charge in [-0.15, -0.1) is 0 Å². The number of halogens is 1. The van der Waals surface area contributed by atoms with E-state index in [1.165, 1.54) is 0 Å². The van der Waals surface area contributed by atoms with Gasteiger partial charge in [-0.1, -0.05) is 11.6 Å². The lowest BCUT2D eigenvalue weighted by Crippen LogP contribution is -2.15. The maximum absolute atomic E-state index is 10.7. The molecule has 0 aliphatic rings. The largest absolute Gasteiger partial charge is 0.472 e. The van der Waals surface area contributed by atoms with Gasteiger partial charge < -0.3 is 9.32 Å². The van der Waals surface area contributed by atoms with Crippen molar-refractivity contribution in [2.24, 2.45) is 0 Å². The summed E-state index contributed by atoms with van der Waals surface area (Å²) in [4.78, 5) is 12.7. The molecule has 0 fully saturated rings. The Labute approximate surface area is 105 Å². The molecule has 88 valence electrons. The van der Waals surface area contributed by atoms with Gasteiger partial charge in [-0.05, 0) is 24.3 Å². The molecule has 0 radical (unpaired) electrons. The second-order valence-corrected chi connectivity index (χ2v) is 4.22. The standard InChI is InChI=1S/C13H12ClNO2/c1-15(7-10-4-5-17-9-10)12-3-2-11(8-16)13(14)6-12/h2-6,8-9H,7H2,1H3. The fourth-order valence-corrected chi connectivity index (χ4v) is 1.82. The molecule has 0 bridgehead atoms. The molecule has 0 atom stereocenters. The molecule has 0 N–H and O–H groups in total. The van der Waals surface area contributed by atoms with Gasteiger partial charge in [0.1, 0.15) is 0 Å². The third kappa shape index (κ3) is 2.68. The molecule has 0 aliphatic carbocycles. The van der Waals surface area contributed by atoms with Gasteiger partial charge >= 0.3 is 0 Å². The summed E-state index contributed by atoms with van der Waals surface area (Å²) in [6.45, 7) is 0.729. The maximum Gasteiger partial charge on any atom is 0.151 e. The van der Waals surface area contributed by atoms with Gasteiger partial charge in [0.25, 0.3) is 0 Å². The Morgan fingerprint density at radius 1 is 1.41 bits per heavy atom. The highest BCUT2D eigenvalue weighted by Crippen LogP contribution is 2.23. The molecule has 0 saturated carbocycles. The Bertz CT molecular complexity index is 508. The molecule has 2 aromatic rings. The van der Waals surface area contributed by atoms with Gasteiger partial charge in [-0.3, -0.25) is 4.79 Å². The minimum Gasteiger partial charge on any atom is -0.472 e. The Balaban J connectivity index is 2.16. The van der Waals surface area contributed by atoms with Crippen LogP contribution in [0.5, 0.6) is 0 Å². The highest BCUT2D eigenvalue weighted by Gasteiger charge is 2.06. The number of aldehydes is 1. The number of rotatable bonds is 4. The molecule has 1 aromatic heterocycles. The molecular weight excluding hydrogens is 238 g/mol. The summed E-state index contributed by atoms with van der Waals surface area (Å²) in [7, 11) is 1.96. The van der Waals surface area contributed by atoms with Gasteiger partial charge in [0.05, 0.1) is 17.5 Å². The average Bonchev–Trinajstić information content (AvgIpc) is 2.81. The van der Waals surface area contributed by atoms with Crippen molar-refractivity contribution in [3.8, 4) is 0 Å². The van der Waals surface area contributed by atoms with Gasteiger partial charge in [-0.25, -0.2) is 0 Å². The summed E-state index contributed by atoms with van der Waals surface area (Å²) in [5.74, 6) is 0. The van der Waals surface area contributed by atoms with Crippen molar-refractivity contribution >= 4 is 23.6 Å². The molecule has 17 heavy (non-hydrogen) atoms. The molecular formula is C13H12ClNO2. The fraction of sp³-hybridized carbons (Fsp3) is 0.154. The van der Waals surface area contributed by atoms with E-state index in [9.17, 15) is 4.79 Å². The van der Waals surface area contributed by atoms with E-state index in [0.29, 0.717) is 10.6 Å². The Morgan fingerprint density at radius 2 is 2.24 bits per heavy atom. The lowest BCUT2D eigenvalue weighted by atomic mass is 10.2. The van der Waals surface area contributed by atoms with E-state index in [0.717, 1.165) is 24.1 Å². The molecule has 0 unspecified atom stereocenters. The zero-order chi connectivity index (χ0) is 12.3. The van der Waals surface area contributed by atoms with Crippen molar-refractivity contribution in [3.63, 3.8) is 0 Å². The van der Waals surface area contributed by atoms with Crippen molar-refractivity contribution in [3.05, 3.63) is 52.9 Å². The molecule has 0 spiro atoms. The molecule has 4 heteroatoms. The zero-order valence-electron chi connectivity index (χ0n) is 9.39. The molecule has 3 nitrogen and oxygen atoms in total. The van der Waals surface area contributed by atoms with Crippen LogP contribution in [-0.4, -0.2) is 13.3 Å². The van der Waals surface area contributed by atoms with E-state index in [1.807, 2.05) is 24.1 Å². The molecule has 0 saturated heterocycles. The summed E-state index contributed by atoms with van der Waals surface area (Å²) < 4.78 is 5.01. The van der Waals surface area contributed by atoms with Crippen LogP contribution in [0.15, 0.2) is 41.2 Å². The molecule has 0 aliphatic heterocycles. The minimum atomic E-state index is 0.469. The first-order chi connectivity index (χ1) is 8.20. The number of carbonyl (C=O) groups is 1. The second kappa shape index (κ2) is 5.06. The van der Waals surface area contributed by atoms with Crippen LogP contribution >= 0.6 is 11.6 Å². The monoisotopic (exact) mass is 249 g/mol. The average molecular weight is 250 g/mol. The van der Waals surface area contributed by atoms with E-state index < -0.39 is 0 Å². The SMILES string of the molecule is CN(Cc1ccoc1)c1ccc(C=O)c(Cl)c1. The quantitative estimate of drug-likeness (QED) is 0.779. The van der Waals surface area contributed by atoms with Gasteiger partial charge in [-0.2, -0.15) is 0 Å². The molecule has 1 heterocycles. The molecule has 0 amide bonds. The number of anilines is 1. The zero-order valence-corrected chi connectivity index (χ0v) is 10.1. The van der Waals surface area contributed by atoms with Gasteiger partial charge in [0, 0.05) is 30.4 Å². The molecule has 1 aromatic carbocycles. The van der Waals surface area contributed by atoms with E-state index in [4.69, 9.17) is 16.0 Å². The van der Waals surface area contributed by atoms with Crippen LogP contribution in [0, 0.1) is 0 Å². The van der Waals surface area contributed by atoms with E-state index in [2.05, 4.69) is 0 Å². The van der Waals surface area contributed by atoms with E-state index in [-0.39, 0.29) is 0 Å². The number of furan rings is 1. The van der Waals surface area contributed by atoms with E-state index in [1.54, 1.807) is 24.7 Å². The number of benzene rings is 1. The maximum atomic E-state index is 10.7. The predicted octanol–water partition coefficient (Wildman–Crippen LogP) is 3.38. The van der Waals surface area contributed by atoms with Crippen molar-refractivity contribution in [2.75, 3.05) is 11.9 Å². The summed E-state index contributed by atoms with van der Waals surface area (Å²) in [5, 5.41) is 0.469. The number of hydrogen-bond donors (Lipinski definition) is 0. The summed E-state index contributed by atoms with van der Waals surface area (Å²) in [5.41, 5.74) is 2.55. The first-order valence-electron chi connectivity index (χ1n) is 5.17.